The molecule has 4 nitrogen and oxygen atoms in total. The molecule has 22 heavy (non-hydrogen) atoms. The first kappa shape index (κ1) is 17.3. The van der Waals surface area contributed by atoms with Gasteiger partial charge >= 0.3 is 0 Å². The molecular weight excluding hydrogens is 300 g/mol. The van der Waals surface area contributed by atoms with Gasteiger partial charge in [0, 0.05) is 42.7 Å². The number of amides is 1. The highest BCUT2D eigenvalue weighted by Gasteiger charge is 2.35. The third-order valence-electron chi connectivity index (χ3n) is 4.47. The summed E-state index contributed by atoms with van der Waals surface area (Å²) in [4.78, 5) is 12.2. The Labute approximate surface area is 137 Å². The van der Waals surface area contributed by atoms with E-state index in [4.69, 9.17) is 16.3 Å². The summed E-state index contributed by atoms with van der Waals surface area (Å²) in [5.74, 6) is 0.0567. The van der Waals surface area contributed by atoms with Crippen molar-refractivity contribution >= 4 is 17.5 Å². The highest BCUT2D eigenvalue weighted by molar-refractivity contribution is 6.30. The summed E-state index contributed by atoms with van der Waals surface area (Å²) in [5, 5.41) is 6.90. The maximum atomic E-state index is 12.2. The highest BCUT2D eigenvalue weighted by Crippen LogP contribution is 2.34. The number of carbonyl (C=O) groups is 1. The van der Waals surface area contributed by atoms with E-state index in [-0.39, 0.29) is 17.2 Å². The molecule has 1 fully saturated rings. The number of ether oxygens (including phenoxy) is 1. The predicted octanol–water partition coefficient (Wildman–Crippen LogP) is 2.36. The van der Waals surface area contributed by atoms with Crippen LogP contribution in [0.3, 0.4) is 0 Å². The smallest absolute Gasteiger partial charge is 0.224 e. The van der Waals surface area contributed by atoms with Crippen LogP contribution in [-0.2, 0) is 14.9 Å². The fraction of sp³-hybridized carbons (Fsp3) is 0.588. The monoisotopic (exact) mass is 324 g/mol. The van der Waals surface area contributed by atoms with Crippen molar-refractivity contribution in [2.45, 2.75) is 25.2 Å². The molecule has 0 radical (unpaired) electrons. The van der Waals surface area contributed by atoms with Crippen LogP contribution in [0.1, 0.15) is 25.3 Å². The molecule has 1 aromatic carbocycles. The van der Waals surface area contributed by atoms with Gasteiger partial charge in [0.05, 0.1) is 0 Å². The maximum Gasteiger partial charge on any atom is 0.224 e. The van der Waals surface area contributed by atoms with E-state index in [1.54, 1.807) is 0 Å². The Bertz CT molecular complexity index is 484. The zero-order chi connectivity index (χ0) is 16.0. The fourth-order valence-corrected chi connectivity index (χ4v) is 3.09. The molecule has 0 aliphatic carbocycles. The van der Waals surface area contributed by atoms with Crippen LogP contribution in [-0.4, -0.2) is 39.3 Å². The van der Waals surface area contributed by atoms with Gasteiger partial charge in [-0.2, -0.15) is 0 Å². The summed E-state index contributed by atoms with van der Waals surface area (Å²) in [7, 11) is 1.86. The quantitative estimate of drug-likeness (QED) is 0.844. The van der Waals surface area contributed by atoms with Gasteiger partial charge in [0.15, 0.2) is 0 Å². The molecule has 1 unspecified atom stereocenters. The number of hydrogen-bond donors (Lipinski definition) is 2. The Morgan fingerprint density at radius 1 is 1.32 bits per heavy atom. The second-order valence-electron chi connectivity index (χ2n) is 6.08. The Hall–Kier alpha value is -1.10. The average Bonchev–Trinajstić information content (AvgIpc) is 2.54. The van der Waals surface area contributed by atoms with Gasteiger partial charge < -0.3 is 15.4 Å². The lowest BCUT2D eigenvalue weighted by Gasteiger charge is -2.38. The molecule has 122 valence electrons. The minimum Gasteiger partial charge on any atom is -0.381 e. The van der Waals surface area contributed by atoms with Gasteiger partial charge in [0.1, 0.15) is 0 Å². The molecule has 1 aliphatic heterocycles. The van der Waals surface area contributed by atoms with E-state index in [1.165, 1.54) is 5.56 Å². The predicted molar refractivity (Wildman–Crippen MR) is 89.3 cm³/mol. The molecular formula is C17H25ClN2O2. The summed E-state index contributed by atoms with van der Waals surface area (Å²) in [5.41, 5.74) is 1.17. The molecule has 1 aliphatic rings. The molecule has 1 aromatic rings. The highest BCUT2D eigenvalue weighted by atomic mass is 35.5. The Kier molecular flexibility index (Phi) is 6.24. The second-order valence-corrected chi connectivity index (χ2v) is 6.51. The van der Waals surface area contributed by atoms with Crippen molar-refractivity contribution < 1.29 is 9.53 Å². The van der Waals surface area contributed by atoms with Gasteiger partial charge in [-0.25, -0.2) is 0 Å². The number of halogens is 1. The lowest BCUT2D eigenvalue weighted by Crippen LogP contribution is -2.46. The first-order valence-corrected chi connectivity index (χ1v) is 8.21. The van der Waals surface area contributed by atoms with Crippen LogP contribution in [0.25, 0.3) is 0 Å². The Morgan fingerprint density at radius 2 is 1.95 bits per heavy atom. The number of nitrogens with one attached hydrogen (secondary N) is 2. The van der Waals surface area contributed by atoms with Crippen molar-refractivity contribution in [3.05, 3.63) is 34.9 Å². The number of carbonyl (C=O) groups excluding carboxylic acids is 1. The molecule has 1 atom stereocenters. The molecule has 2 N–H and O–H groups in total. The van der Waals surface area contributed by atoms with E-state index in [0.717, 1.165) is 31.1 Å². The summed E-state index contributed by atoms with van der Waals surface area (Å²) in [6, 6.07) is 7.97. The number of hydrogen-bond acceptors (Lipinski definition) is 3. The van der Waals surface area contributed by atoms with Crippen LogP contribution in [0, 0.1) is 5.92 Å². The van der Waals surface area contributed by atoms with Crippen LogP contribution < -0.4 is 10.6 Å². The summed E-state index contributed by atoms with van der Waals surface area (Å²) >= 11 is 6.00. The second kappa shape index (κ2) is 7.95. The largest absolute Gasteiger partial charge is 0.381 e. The summed E-state index contributed by atoms with van der Waals surface area (Å²) < 4.78 is 5.51. The lowest BCUT2D eigenvalue weighted by atomic mass is 9.74. The Morgan fingerprint density at radius 3 is 2.55 bits per heavy atom. The van der Waals surface area contributed by atoms with Crippen LogP contribution in [0.2, 0.25) is 5.02 Å². The van der Waals surface area contributed by atoms with Crippen molar-refractivity contribution in [1.29, 1.82) is 0 Å². The van der Waals surface area contributed by atoms with Crippen LogP contribution in [0.5, 0.6) is 0 Å². The van der Waals surface area contributed by atoms with Crippen molar-refractivity contribution in [3.8, 4) is 0 Å². The van der Waals surface area contributed by atoms with E-state index in [2.05, 4.69) is 22.8 Å². The van der Waals surface area contributed by atoms with Crippen molar-refractivity contribution in [3.63, 3.8) is 0 Å². The molecule has 0 aromatic heterocycles. The van der Waals surface area contributed by atoms with Gasteiger partial charge in [-0.3, -0.25) is 4.79 Å². The van der Waals surface area contributed by atoms with Crippen molar-refractivity contribution in [1.82, 2.24) is 10.6 Å². The van der Waals surface area contributed by atoms with Crippen LogP contribution in [0.4, 0.5) is 0 Å². The first-order chi connectivity index (χ1) is 10.6. The third kappa shape index (κ3) is 4.22. The first-order valence-electron chi connectivity index (χ1n) is 7.83. The number of rotatable bonds is 6. The average molecular weight is 325 g/mol. The lowest BCUT2D eigenvalue weighted by molar-refractivity contribution is -0.124. The summed E-state index contributed by atoms with van der Waals surface area (Å²) in [6.07, 6.45) is 1.82. The minimum atomic E-state index is -0.0577. The molecule has 0 saturated carbocycles. The molecule has 0 spiro atoms. The topological polar surface area (TPSA) is 50.4 Å². The molecule has 5 heteroatoms. The van der Waals surface area contributed by atoms with Gasteiger partial charge in [-0.1, -0.05) is 30.7 Å². The van der Waals surface area contributed by atoms with Crippen LogP contribution in [0.15, 0.2) is 24.3 Å². The van der Waals surface area contributed by atoms with Gasteiger partial charge in [0.2, 0.25) is 5.91 Å². The molecule has 1 amide bonds. The third-order valence-corrected chi connectivity index (χ3v) is 4.72. The maximum absolute atomic E-state index is 12.2. The molecule has 1 heterocycles. The van der Waals surface area contributed by atoms with Crippen molar-refractivity contribution in [2.24, 2.45) is 5.92 Å². The van der Waals surface area contributed by atoms with E-state index in [9.17, 15) is 4.79 Å². The van der Waals surface area contributed by atoms with E-state index >= 15 is 0 Å². The van der Waals surface area contributed by atoms with Gasteiger partial charge in [-0.15, -0.1) is 0 Å². The zero-order valence-corrected chi connectivity index (χ0v) is 14.1. The zero-order valence-electron chi connectivity index (χ0n) is 13.3. The van der Waals surface area contributed by atoms with E-state index in [0.29, 0.717) is 13.1 Å². The minimum absolute atomic E-state index is 0.0351. The normalized spacial score (nSPS) is 18.7. The number of benzene rings is 1. The summed E-state index contributed by atoms with van der Waals surface area (Å²) in [6.45, 7) is 4.72. The molecule has 2 rings (SSSR count). The fourth-order valence-electron chi connectivity index (χ4n) is 2.96. The standard InChI is InChI=1S/C17H25ClN2O2/c1-13(11-19-2)16(21)20-12-17(7-9-22-10-8-17)14-3-5-15(18)6-4-14/h3-6,13,19H,7-12H2,1-2H3,(H,20,21). The van der Waals surface area contributed by atoms with E-state index < -0.39 is 0 Å². The SMILES string of the molecule is CNCC(C)C(=O)NCC1(c2ccc(Cl)cc2)CCOCC1. The Balaban J connectivity index is 2.09. The van der Waals surface area contributed by atoms with Crippen molar-refractivity contribution in [2.75, 3.05) is 33.4 Å². The molecule has 1 saturated heterocycles. The van der Waals surface area contributed by atoms with Crippen LogP contribution >= 0.6 is 11.6 Å². The van der Waals surface area contributed by atoms with E-state index in [1.807, 2.05) is 26.1 Å². The molecule has 0 bridgehead atoms. The van der Waals surface area contributed by atoms with Gasteiger partial charge in [0.25, 0.3) is 0 Å². The van der Waals surface area contributed by atoms with Gasteiger partial charge in [-0.05, 0) is 37.6 Å².